The second-order valence-electron chi connectivity index (χ2n) is 8.16. The second kappa shape index (κ2) is 7.19. The number of imide groups is 1. The number of anilines is 1. The van der Waals surface area contributed by atoms with Crippen LogP contribution in [0.1, 0.15) is 10.4 Å². The summed E-state index contributed by atoms with van der Waals surface area (Å²) in [7, 11) is 1.55. The lowest BCUT2D eigenvalue weighted by Crippen LogP contribution is -2.46. The molecule has 4 atom stereocenters. The molecule has 2 aromatic rings. The molecule has 6 rings (SSSR count). The van der Waals surface area contributed by atoms with Gasteiger partial charge in [-0.2, -0.15) is 5.10 Å². The number of fused-ring (bicyclic) bond motifs is 4. The Morgan fingerprint density at radius 2 is 1.79 bits per heavy atom. The molecule has 2 fully saturated rings. The highest BCUT2D eigenvalue weighted by Gasteiger charge is 2.64. The zero-order valence-corrected chi connectivity index (χ0v) is 17.6. The molecule has 4 aliphatic rings. The van der Waals surface area contributed by atoms with Crippen LogP contribution in [-0.2, 0) is 9.59 Å². The fourth-order valence-corrected chi connectivity index (χ4v) is 5.04. The molecule has 0 spiro atoms. The lowest BCUT2D eigenvalue weighted by Gasteiger charge is -2.30. The van der Waals surface area contributed by atoms with Crippen molar-refractivity contribution < 1.29 is 28.6 Å². The van der Waals surface area contributed by atoms with Gasteiger partial charge in [0.2, 0.25) is 18.6 Å². The minimum Gasteiger partial charge on any atom is -0.497 e. The van der Waals surface area contributed by atoms with Crippen LogP contribution in [0.2, 0.25) is 0 Å². The highest BCUT2D eigenvalue weighted by molar-refractivity contribution is 6.24. The third-order valence-electron chi connectivity index (χ3n) is 6.55. The fraction of sp³-hybridized carbons (Fsp3) is 0.250. The maximum atomic E-state index is 13.6. The van der Waals surface area contributed by atoms with E-state index in [2.05, 4.69) is 5.10 Å². The highest BCUT2D eigenvalue weighted by atomic mass is 16.7. The van der Waals surface area contributed by atoms with Crippen LogP contribution in [0.3, 0.4) is 0 Å². The Hall–Kier alpha value is -4.14. The van der Waals surface area contributed by atoms with Crippen LogP contribution in [-0.4, -0.2) is 54.8 Å². The number of amides is 2. The predicted octanol–water partition coefficient (Wildman–Crippen LogP) is 2.02. The summed E-state index contributed by atoms with van der Waals surface area (Å²) in [5.74, 6) is -0.975. The molecule has 0 N–H and O–H groups in total. The van der Waals surface area contributed by atoms with E-state index in [1.807, 2.05) is 6.08 Å². The molecule has 166 valence electrons. The minimum atomic E-state index is -0.898. The molecule has 4 aliphatic heterocycles. The largest absolute Gasteiger partial charge is 0.497 e. The molecule has 2 saturated heterocycles. The summed E-state index contributed by atoms with van der Waals surface area (Å²) >= 11 is 0. The van der Waals surface area contributed by atoms with Gasteiger partial charge in [-0.3, -0.25) is 19.4 Å². The summed E-state index contributed by atoms with van der Waals surface area (Å²) in [5, 5.41) is 5.96. The Bertz CT molecular complexity index is 1240. The number of benzene rings is 2. The number of Topliss-reactive ketones (excluding diaryl/α,β-unsaturated/α-hetero) is 1. The Kier molecular flexibility index (Phi) is 4.26. The Morgan fingerprint density at radius 1 is 1.03 bits per heavy atom. The summed E-state index contributed by atoms with van der Waals surface area (Å²) in [4.78, 5) is 41.9. The Morgan fingerprint density at radius 3 is 2.58 bits per heavy atom. The van der Waals surface area contributed by atoms with E-state index < -0.39 is 29.8 Å². The molecule has 9 nitrogen and oxygen atoms in total. The first-order chi connectivity index (χ1) is 16.1. The Labute approximate surface area is 188 Å². The van der Waals surface area contributed by atoms with Gasteiger partial charge in [-0.15, -0.1) is 0 Å². The molecule has 2 amide bonds. The molecule has 0 aromatic heterocycles. The van der Waals surface area contributed by atoms with Crippen LogP contribution in [0.4, 0.5) is 5.69 Å². The molecule has 9 heteroatoms. The number of allylic oxidation sites excluding steroid dienone is 1. The lowest BCUT2D eigenvalue weighted by atomic mass is 9.86. The molecule has 0 radical (unpaired) electrons. The number of hydrogen-bond donors (Lipinski definition) is 0. The van der Waals surface area contributed by atoms with Gasteiger partial charge in [0.05, 0.1) is 30.7 Å². The van der Waals surface area contributed by atoms with Gasteiger partial charge in [-0.1, -0.05) is 6.08 Å². The average molecular weight is 445 g/mol. The van der Waals surface area contributed by atoms with E-state index in [4.69, 9.17) is 14.2 Å². The van der Waals surface area contributed by atoms with Crippen molar-refractivity contribution in [1.82, 2.24) is 5.01 Å². The topological polar surface area (TPSA) is 97.7 Å². The second-order valence-corrected chi connectivity index (χ2v) is 8.16. The average Bonchev–Trinajstić information content (AvgIpc) is 3.51. The first-order valence-corrected chi connectivity index (χ1v) is 10.5. The van der Waals surface area contributed by atoms with Crippen molar-refractivity contribution in [3.63, 3.8) is 0 Å². The van der Waals surface area contributed by atoms with Gasteiger partial charge < -0.3 is 14.2 Å². The van der Waals surface area contributed by atoms with Crippen molar-refractivity contribution in [3.05, 3.63) is 60.2 Å². The number of rotatable bonds is 4. The van der Waals surface area contributed by atoms with Crippen molar-refractivity contribution in [2.45, 2.75) is 12.1 Å². The monoisotopic (exact) mass is 445 g/mol. The molecular weight excluding hydrogens is 426 g/mol. The van der Waals surface area contributed by atoms with Gasteiger partial charge in [0.1, 0.15) is 11.8 Å². The number of ketones is 1. The maximum Gasteiger partial charge on any atom is 0.240 e. The number of hydrogen-bond acceptors (Lipinski definition) is 8. The summed E-state index contributed by atoms with van der Waals surface area (Å²) in [5.41, 5.74) is 0.820. The van der Waals surface area contributed by atoms with Gasteiger partial charge in [0.15, 0.2) is 17.3 Å². The van der Waals surface area contributed by atoms with Gasteiger partial charge in [-0.05, 0) is 42.5 Å². The molecule has 4 heterocycles. The van der Waals surface area contributed by atoms with Crippen LogP contribution in [0.15, 0.2) is 59.7 Å². The molecule has 0 saturated carbocycles. The van der Waals surface area contributed by atoms with Crippen LogP contribution in [0.25, 0.3) is 0 Å². The number of carbonyl (C=O) groups is 3. The van der Waals surface area contributed by atoms with Crippen LogP contribution >= 0.6 is 0 Å². The minimum absolute atomic E-state index is 0.0875. The summed E-state index contributed by atoms with van der Waals surface area (Å²) < 4.78 is 15.9. The normalized spacial score (nSPS) is 26.6. The fourth-order valence-electron chi connectivity index (χ4n) is 5.04. The zero-order valence-electron chi connectivity index (χ0n) is 17.6. The van der Waals surface area contributed by atoms with Crippen molar-refractivity contribution in [2.24, 2.45) is 16.9 Å². The smallest absolute Gasteiger partial charge is 0.240 e. The lowest BCUT2D eigenvalue weighted by molar-refractivity contribution is -0.123. The quantitative estimate of drug-likeness (QED) is 0.525. The van der Waals surface area contributed by atoms with Gasteiger partial charge in [-0.25, -0.2) is 4.90 Å². The van der Waals surface area contributed by atoms with Crippen LogP contribution < -0.4 is 19.1 Å². The molecule has 2 aromatic carbocycles. The van der Waals surface area contributed by atoms with Crippen LogP contribution in [0, 0.1) is 11.8 Å². The van der Waals surface area contributed by atoms with E-state index in [9.17, 15) is 14.4 Å². The van der Waals surface area contributed by atoms with Crippen LogP contribution in [0.5, 0.6) is 17.2 Å². The van der Waals surface area contributed by atoms with E-state index >= 15 is 0 Å². The first kappa shape index (κ1) is 19.5. The third-order valence-corrected chi connectivity index (χ3v) is 6.55. The van der Waals surface area contributed by atoms with Crippen molar-refractivity contribution in [2.75, 3.05) is 18.8 Å². The number of carbonyl (C=O) groups excluding carboxylic acids is 3. The number of nitrogens with zero attached hydrogens (tertiary/aromatic N) is 3. The summed E-state index contributed by atoms with van der Waals surface area (Å²) in [6, 6.07) is 10.3. The van der Waals surface area contributed by atoms with Gasteiger partial charge in [0.25, 0.3) is 0 Å². The van der Waals surface area contributed by atoms with Crippen molar-refractivity contribution in [3.8, 4) is 17.2 Å². The highest BCUT2D eigenvalue weighted by Crippen LogP contribution is 2.47. The molecule has 0 bridgehead atoms. The SMILES string of the molecule is COc1ccc(C(=O)[C@@H]2[C@@H]3C(=O)N(c4ccc5c(c4)OCO5)C(=O)[C@@H]3C3C=CC=NN32)cc1. The predicted molar refractivity (Wildman–Crippen MR) is 116 cm³/mol. The van der Waals surface area contributed by atoms with E-state index in [0.717, 1.165) is 4.90 Å². The molecule has 1 unspecified atom stereocenters. The number of ether oxygens (including phenoxy) is 3. The zero-order chi connectivity index (χ0) is 22.7. The summed E-state index contributed by atoms with van der Waals surface area (Å²) in [6.45, 7) is 0.0875. The third kappa shape index (κ3) is 2.78. The van der Waals surface area contributed by atoms with E-state index in [1.165, 1.54) is 0 Å². The molecular formula is C24H19N3O6. The van der Waals surface area contributed by atoms with Crippen molar-refractivity contribution in [1.29, 1.82) is 0 Å². The van der Waals surface area contributed by atoms with E-state index in [0.29, 0.717) is 28.5 Å². The van der Waals surface area contributed by atoms with Gasteiger partial charge in [0, 0.05) is 17.8 Å². The summed E-state index contributed by atoms with van der Waals surface area (Å²) in [6.07, 6.45) is 5.12. The molecule has 0 aliphatic carbocycles. The van der Waals surface area contributed by atoms with E-state index in [1.54, 1.807) is 66.9 Å². The molecule has 33 heavy (non-hydrogen) atoms. The van der Waals surface area contributed by atoms with Crippen molar-refractivity contribution >= 4 is 29.5 Å². The standard InChI is InChI=1S/C24H19N3O6/c1-31-15-7-4-13(5-8-15)22(28)21-20-19(16-3-2-10-25-27(16)21)23(29)26(24(20)30)14-6-9-17-18(11-14)33-12-32-17/h2-11,16,19-21H,12H2,1H3/t16?,19-,20-,21+/m1/s1. The maximum absolute atomic E-state index is 13.6. The van der Waals surface area contributed by atoms with E-state index in [-0.39, 0.29) is 18.5 Å². The Balaban J connectivity index is 1.39. The van der Waals surface area contributed by atoms with Gasteiger partial charge >= 0.3 is 0 Å². The number of methoxy groups -OCH3 is 1. The number of hydrazone groups is 1. The first-order valence-electron chi connectivity index (χ1n) is 10.5.